The minimum absolute atomic E-state index is 0.194. The molecule has 0 aliphatic rings. The Kier molecular flexibility index (Phi) is 5.45. The third-order valence-electron chi connectivity index (χ3n) is 3.65. The molecule has 3 rings (SSSR count). The van der Waals surface area contributed by atoms with Crippen molar-refractivity contribution in [3.8, 4) is 11.5 Å². The molecule has 0 atom stereocenters. The Morgan fingerprint density at radius 1 is 0.704 bits per heavy atom. The van der Waals surface area contributed by atoms with Crippen molar-refractivity contribution in [2.75, 3.05) is 0 Å². The zero-order chi connectivity index (χ0) is 19.1. The summed E-state index contributed by atoms with van der Waals surface area (Å²) in [7, 11) is 0. The molecule has 3 aromatic rings. The highest BCUT2D eigenvalue weighted by molar-refractivity contribution is 6.09. The van der Waals surface area contributed by atoms with Gasteiger partial charge in [-0.2, -0.15) is 9.98 Å². The summed E-state index contributed by atoms with van der Waals surface area (Å²) in [4.78, 5) is 40.1. The molecule has 0 spiro atoms. The fraction of sp³-hybridized carbons (Fsp3) is 0. The average Bonchev–Trinajstić information content (AvgIpc) is 2.70. The Morgan fingerprint density at radius 2 is 1.30 bits per heavy atom. The maximum Gasteiger partial charge on any atom is 0.240 e. The Balaban J connectivity index is 1.74. The van der Waals surface area contributed by atoms with Crippen molar-refractivity contribution >= 4 is 29.3 Å². The standard InChI is InChI=1S/C21H12N2O4/c24-13-22-17-6-10-20(11-7-17)27-19-8-4-15(5-9-19)21(26)16-2-1-3-18(12-16)23-14-25/h1-12H. The number of hydrogen-bond donors (Lipinski definition) is 0. The van der Waals surface area contributed by atoms with Crippen molar-refractivity contribution in [3.63, 3.8) is 0 Å². The number of rotatable bonds is 6. The summed E-state index contributed by atoms with van der Waals surface area (Å²) in [6.45, 7) is 0. The van der Waals surface area contributed by atoms with Crippen LogP contribution in [-0.4, -0.2) is 17.9 Å². The van der Waals surface area contributed by atoms with E-state index in [1.54, 1.807) is 66.7 Å². The van der Waals surface area contributed by atoms with Gasteiger partial charge in [0.25, 0.3) is 0 Å². The molecule has 0 aliphatic heterocycles. The number of ether oxygens (including phenoxy) is 1. The monoisotopic (exact) mass is 356 g/mol. The summed E-state index contributed by atoms with van der Waals surface area (Å²) in [5.41, 5.74) is 1.76. The second-order valence-electron chi connectivity index (χ2n) is 5.41. The van der Waals surface area contributed by atoms with E-state index in [1.165, 1.54) is 18.2 Å². The van der Waals surface area contributed by atoms with E-state index < -0.39 is 0 Å². The lowest BCUT2D eigenvalue weighted by molar-refractivity contribution is 0.103. The Bertz CT molecular complexity index is 1060. The van der Waals surface area contributed by atoms with Crippen molar-refractivity contribution in [2.24, 2.45) is 9.98 Å². The van der Waals surface area contributed by atoms with Gasteiger partial charge in [-0.25, -0.2) is 9.59 Å². The molecule has 27 heavy (non-hydrogen) atoms. The lowest BCUT2D eigenvalue weighted by atomic mass is 10.0. The number of hydrogen-bond acceptors (Lipinski definition) is 6. The molecule has 0 bridgehead atoms. The van der Waals surface area contributed by atoms with Crippen LogP contribution >= 0.6 is 0 Å². The molecule has 0 N–H and O–H groups in total. The first kappa shape index (κ1) is 17.7. The highest BCUT2D eigenvalue weighted by Crippen LogP contribution is 2.25. The van der Waals surface area contributed by atoms with E-state index in [9.17, 15) is 14.4 Å². The quantitative estimate of drug-likeness (QED) is 0.366. The molecule has 0 saturated heterocycles. The first-order valence-electron chi connectivity index (χ1n) is 7.88. The van der Waals surface area contributed by atoms with E-state index in [0.29, 0.717) is 34.0 Å². The molecule has 0 unspecified atom stereocenters. The molecule has 0 heterocycles. The molecular formula is C21H12N2O4. The summed E-state index contributed by atoms with van der Waals surface area (Å²) in [5, 5.41) is 0. The van der Waals surface area contributed by atoms with Gasteiger partial charge in [0.05, 0.1) is 11.4 Å². The normalized spacial score (nSPS) is 9.63. The smallest absolute Gasteiger partial charge is 0.240 e. The van der Waals surface area contributed by atoms with Crippen molar-refractivity contribution in [1.29, 1.82) is 0 Å². The zero-order valence-electron chi connectivity index (χ0n) is 14.0. The highest BCUT2D eigenvalue weighted by atomic mass is 16.5. The topological polar surface area (TPSA) is 85.2 Å². The van der Waals surface area contributed by atoms with Crippen LogP contribution in [0.3, 0.4) is 0 Å². The first-order chi connectivity index (χ1) is 13.2. The van der Waals surface area contributed by atoms with Crippen LogP contribution in [0.2, 0.25) is 0 Å². The Morgan fingerprint density at radius 3 is 1.93 bits per heavy atom. The highest BCUT2D eigenvalue weighted by Gasteiger charge is 2.10. The maximum absolute atomic E-state index is 12.5. The zero-order valence-corrected chi connectivity index (χ0v) is 14.0. The van der Waals surface area contributed by atoms with Crippen molar-refractivity contribution in [1.82, 2.24) is 0 Å². The molecule has 0 aliphatic carbocycles. The van der Waals surface area contributed by atoms with Gasteiger partial charge in [0.2, 0.25) is 12.2 Å². The average molecular weight is 356 g/mol. The number of nitrogens with zero attached hydrogens (tertiary/aromatic N) is 2. The molecule has 6 nitrogen and oxygen atoms in total. The van der Waals surface area contributed by atoms with Gasteiger partial charge in [-0.1, -0.05) is 12.1 Å². The minimum atomic E-state index is -0.194. The molecule has 6 heteroatoms. The number of carbonyl (C=O) groups is 1. The van der Waals surface area contributed by atoms with Gasteiger partial charge in [-0.15, -0.1) is 0 Å². The van der Waals surface area contributed by atoms with E-state index in [4.69, 9.17) is 4.74 Å². The van der Waals surface area contributed by atoms with Gasteiger partial charge in [0.15, 0.2) is 5.78 Å². The van der Waals surface area contributed by atoms with Gasteiger partial charge in [0.1, 0.15) is 11.5 Å². The van der Waals surface area contributed by atoms with Gasteiger partial charge < -0.3 is 4.74 Å². The maximum atomic E-state index is 12.5. The van der Waals surface area contributed by atoms with Crippen LogP contribution < -0.4 is 4.74 Å². The first-order valence-corrected chi connectivity index (χ1v) is 7.88. The lowest BCUT2D eigenvalue weighted by Crippen LogP contribution is -2.00. The van der Waals surface area contributed by atoms with E-state index in [-0.39, 0.29) is 5.78 Å². The number of benzene rings is 3. The van der Waals surface area contributed by atoms with Crippen LogP contribution in [0.5, 0.6) is 11.5 Å². The third kappa shape index (κ3) is 4.50. The summed E-state index contributed by atoms with van der Waals surface area (Å²) >= 11 is 0. The number of isocyanates is 2. The van der Waals surface area contributed by atoms with E-state index in [2.05, 4.69) is 9.98 Å². The summed E-state index contributed by atoms with van der Waals surface area (Å²) in [6, 6.07) is 19.7. The van der Waals surface area contributed by atoms with E-state index >= 15 is 0 Å². The molecular weight excluding hydrogens is 344 g/mol. The predicted octanol–water partition coefficient (Wildman–Crippen LogP) is 4.64. The predicted molar refractivity (Wildman–Crippen MR) is 98.4 cm³/mol. The molecule has 0 aromatic heterocycles. The van der Waals surface area contributed by atoms with Crippen LogP contribution in [0, 0.1) is 0 Å². The Hall–Kier alpha value is -4.11. The van der Waals surface area contributed by atoms with Crippen LogP contribution in [-0.2, 0) is 9.59 Å². The molecule has 130 valence electrons. The summed E-state index contributed by atoms with van der Waals surface area (Å²) < 4.78 is 5.69. The van der Waals surface area contributed by atoms with Crippen molar-refractivity contribution in [3.05, 3.63) is 83.9 Å². The lowest BCUT2D eigenvalue weighted by Gasteiger charge is -2.07. The number of carbonyl (C=O) groups excluding carboxylic acids is 3. The van der Waals surface area contributed by atoms with Crippen LogP contribution in [0.25, 0.3) is 0 Å². The fourth-order valence-corrected chi connectivity index (χ4v) is 2.39. The van der Waals surface area contributed by atoms with Crippen molar-refractivity contribution < 1.29 is 19.1 Å². The number of aliphatic imine (C=N–C) groups is 2. The van der Waals surface area contributed by atoms with Gasteiger partial charge in [-0.05, 0) is 60.7 Å². The van der Waals surface area contributed by atoms with Gasteiger partial charge >= 0.3 is 0 Å². The molecule has 3 aromatic carbocycles. The molecule has 0 amide bonds. The fourth-order valence-electron chi connectivity index (χ4n) is 2.39. The van der Waals surface area contributed by atoms with Crippen LogP contribution in [0.4, 0.5) is 11.4 Å². The van der Waals surface area contributed by atoms with Gasteiger partial charge in [0, 0.05) is 11.1 Å². The third-order valence-corrected chi connectivity index (χ3v) is 3.65. The SMILES string of the molecule is O=C=Nc1ccc(Oc2ccc(C(=O)c3cccc(N=C=O)c3)cc2)cc1. The van der Waals surface area contributed by atoms with E-state index in [1.807, 2.05) is 0 Å². The molecule has 0 radical (unpaired) electrons. The largest absolute Gasteiger partial charge is 0.457 e. The molecule has 0 fully saturated rings. The summed E-state index contributed by atoms with van der Waals surface area (Å²) in [5.74, 6) is 0.927. The summed E-state index contributed by atoms with van der Waals surface area (Å²) in [6.07, 6.45) is 2.92. The second kappa shape index (κ2) is 8.32. The van der Waals surface area contributed by atoms with Gasteiger partial charge in [-0.3, -0.25) is 4.79 Å². The molecule has 0 saturated carbocycles. The second-order valence-corrected chi connectivity index (χ2v) is 5.41. The minimum Gasteiger partial charge on any atom is -0.457 e. The van der Waals surface area contributed by atoms with Crippen LogP contribution in [0.15, 0.2) is 82.8 Å². The van der Waals surface area contributed by atoms with Crippen LogP contribution in [0.1, 0.15) is 15.9 Å². The number of ketones is 1. The van der Waals surface area contributed by atoms with E-state index in [0.717, 1.165) is 0 Å². The Labute approximate surface area is 154 Å². The van der Waals surface area contributed by atoms with Crippen molar-refractivity contribution in [2.45, 2.75) is 0 Å².